The summed E-state index contributed by atoms with van der Waals surface area (Å²) >= 11 is 5.78. The Morgan fingerprint density at radius 2 is 2.25 bits per heavy atom. The fraction of sp³-hybridized carbons (Fsp3) is 0. The molecule has 2 aromatic heterocycles. The number of halogens is 1. The number of anilines is 1. The van der Waals surface area contributed by atoms with E-state index in [2.05, 4.69) is 15.1 Å². The Hall–Kier alpha value is -2.15. The first-order valence-electron chi connectivity index (χ1n) is 4.16. The smallest absolute Gasteiger partial charge is 0.358 e. The van der Waals surface area contributed by atoms with Crippen molar-refractivity contribution in [2.24, 2.45) is 0 Å². The van der Waals surface area contributed by atoms with Crippen LogP contribution in [0.4, 0.5) is 5.82 Å². The van der Waals surface area contributed by atoms with E-state index in [9.17, 15) is 4.79 Å². The summed E-state index contributed by atoms with van der Waals surface area (Å²) in [5.41, 5.74) is 5.07. The molecule has 7 nitrogen and oxygen atoms in total. The SMILES string of the molecule is Nc1nc(-n2cccn2)c(Cl)nc1C(=O)O. The molecule has 0 saturated heterocycles. The number of aromatic carboxylic acids is 1. The van der Waals surface area contributed by atoms with Gasteiger partial charge in [-0.3, -0.25) is 0 Å². The number of hydrogen-bond donors (Lipinski definition) is 2. The Labute approximate surface area is 94.5 Å². The monoisotopic (exact) mass is 239 g/mol. The zero-order chi connectivity index (χ0) is 11.7. The van der Waals surface area contributed by atoms with Gasteiger partial charge in [-0.2, -0.15) is 5.10 Å². The summed E-state index contributed by atoms with van der Waals surface area (Å²) in [6.45, 7) is 0. The maximum atomic E-state index is 10.7. The third kappa shape index (κ3) is 1.68. The minimum Gasteiger partial charge on any atom is -0.476 e. The lowest BCUT2D eigenvalue weighted by Gasteiger charge is -2.05. The molecule has 0 aromatic carbocycles. The average Bonchev–Trinajstić information content (AvgIpc) is 2.73. The van der Waals surface area contributed by atoms with Crippen LogP contribution in [-0.4, -0.2) is 30.8 Å². The number of carboxylic acid groups (broad SMARTS) is 1. The third-order valence-electron chi connectivity index (χ3n) is 1.79. The Balaban J connectivity index is 2.59. The van der Waals surface area contributed by atoms with Crippen molar-refractivity contribution in [3.05, 3.63) is 29.3 Å². The van der Waals surface area contributed by atoms with Crippen molar-refractivity contribution in [2.75, 3.05) is 5.73 Å². The van der Waals surface area contributed by atoms with Gasteiger partial charge >= 0.3 is 5.97 Å². The minimum absolute atomic E-state index is 0.0738. The van der Waals surface area contributed by atoms with Gasteiger partial charge in [0, 0.05) is 12.4 Å². The van der Waals surface area contributed by atoms with Crippen LogP contribution in [0, 0.1) is 0 Å². The summed E-state index contributed by atoms with van der Waals surface area (Å²) in [6, 6.07) is 1.67. The van der Waals surface area contributed by atoms with Gasteiger partial charge in [0.2, 0.25) is 0 Å². The molecule has 0 atom stereocenters. The van der Waals surface area contributed by atoms with Gasteiger partial charge in [0.15, 0.2) is 22.5 Å². The predicted octanol–water partition coefficient (Wildman–Crippen LogP) is 0.596. The molecule has 2 rings (SSSR count). The number of nitrogens with zero attached hydrogens (tertiary/aromatic N) is 4. The summed E-state index contributed by atoms with van der Waals surface area (Å²) in [5, 5.41) is 12.6. The van der Waals surface area contributed by atoms with Gasteiger partial charge in [0.05, 0.1) is 0 Å². The highest BCUT2D eigenvalue weighted by Crippen LogP contribution is 2.18. The number of carbonyl (C=O) groups is 1. The standard InChI is InChI=1S/C8H6ClN5O2/c9-5-7(14-3-1-2-11-14)13-6(10)4(12-5)8(15)16/h1-3H,(H2,10,13)(H,15,16). The zero-order valence-corrected chi connectivity index (χ0v) is 8.59. The summed E-state index contributed by atoms with van der Waals surface area (Å²) < 4.78 is 1.34. The molecule has 8 heteroatoms. The molecule has 0 spiro atoms. The van der Waals surface area contributed by atoms with Crippen LogP contribution in [0.25, 0.3) is 5.82 Å². The van der Waals surface area contributed by atoms with E-state index in [4.69, 9.17) is 22.4 Å². The van der Waals surface area contributed by atoms with Crippen molar-refractivity contribution in [1.29, 1.82) is 0 Å². The minimum atomic E-state index is -1.28. The van der Waals surface area contributed by atoms with E-state index in [1.165, 1.54) is 10.9 Å². The zero-order valence-electron chi connectivity index (χ0n) is 7.83. The van der Waals surface area contributed by atoms with Gasteiger partial charge < -0.3 is 10.8 Å². The number of hydrogen-bond acceptors (Lipinski definition) is 5. The highest BCUT2D eigenvalue weighted by atomic mass is 35.5. The molecule has 0 aliphatic rings. The van der Waals surface area contributed by atoms with Crippen LogP contribution < -0.4 is 5.73 Å². The van der Waals surface area contributed by atoms with Crippen molar-refractivity contribution < 1.29 is 9.90 Å². The van der Waals surface area contributed by atoms with Crippen molar-refractivity contribution in [3.8, 4) is 5.82 Å². The Kier molecular flexibility index (Phi) is 2.45. The Bertz CT molecular complexity index is 540. The Morgan fingerprint density at radius 3 is 2.81 bits per heavy atom. The molecule has 16 heavy (non-hydrogen) atoms. The van der Waals surface area contributed by atoms with Crippen molar-refractivity contribution in [3.63, 3.8) is 0 Å². The fourth-order valence-electron chi connectivity index (χ4n) is 1.12. The molecule has 0 fully saturated rings. The topological polar surface area (TPSA) is 107 Å². The molecular formula is C8H6ClN5O2. The maximum Gasteiger partial charge on any atom is 0.358 e. The Morgan fingerprint density at radius 1 is 1.50 bits per heavy atom. The fourth-order valence-corrected chi connectivity index (χ4v) is 1.33. The van der Waals surface area contributed by atoms with Crippen molar-refractivity contribution in [1.82, 2.24) is 19.7 Å². The molecule has 0 aliphatic carbocycles. The van der Waals surface area contributed by atoms with E-state index in [1.54, 1.807) is 12.3 Å². The van der Waals surface area contributed by atoms with Crippen LogP contribution in [0.15, 0.2) is 18.5 Å². The molecular weight excluding hydrogens is 234 g/mol. The third-order valence-corrected chi connectivity index (χ3v) is 2.04. The first-order valence-corrected chi connectivity index (χ1v) is 4.53. The molecule has 0 amide bonds. The second-order valence-corrected chi connectivity index (χ2v) is 3.19. The number of aromatic nitrogens is 4. The molecule has 0 saturated carbocycles. The molecule has 82 valence electrons. The van der Waals surface area contributed by atoms with Crippen LogP contribution in [0.1, 0.15) is 10.5 Å². The van der Waals surface area contributed by atoms with Crippen LogP contribution in [0.5, 0.6) is 0 Å². The van der Waals surface area contributed by atoms with Gasteiger partial charge in [0.1, 0.15) is 0 Å². The van der Waals surface area contributed by atoms with Crippen LogP contribution in [0.2, 0.25) is 5.15 Å². The maximum absolute atomic E-state index is 10.7. The van der Waals surface area contributed by atoms with Gasteiger partial charge in [-0.15, -0.1) is 0 Å². The summed E-state index contributed by atoms with van der Waals surface area (Å²) in [6.07, 6.45) is 3.12. The number of carboxylic acids is 1. The molecule has 0 radical (unpaired) electrons. The number of rotatable bonds is 2. The van der Waals surface area contributed by atoms with E-state index in [0.29, 0.717) is 0 Å². The second kappa shape index (κ2) is 3.78. The molecule has 0 aliphatic heterocycles. The first-order chi connectivity index (χ1) is 7.59. The van der Waals surface area contributed by atoms with Gasteiger partial charge in [-0.25, -0.2) is 19.4 Å². The van der Waals surface area contributed by atoms with Crippen molar-refractivity contribution >= 4 is 23.4 Å². The van der Waals surface area contributed by atoms with E-state index in [1.807, 2.05) is 0 Å². The van der Waals surface area contributed by atoms with Crippen LogP contribution in [0.3, 0.4) is 0 Å². The largest absolute Gasteiger partial charge is 0.476 e. The van der Waals surface area contributed by atoms with E-state index in [-0.39, 0.29) is 22.5 Å². The van der Waals surface area contributed by atoms with Gasteiger partial charge in [-0.1, -0.05) is 11.6 Å². The van der Waals surface area contributed by atoms with E-state index in [0.717, 1.165) is 0 Å². The lowest BCUT2D eigenvalue weighted by molar-refractivity contribution is 0.0691. The van der Waals surface area contributed by atoms with Crippen LogP contribution in [-0.2, 0) is 0 Å². The normalized spacial score (nSPS) is 10.3. The molecule has 3 N–H and O–H groups in total. The first kappa shape index (κ1) is 10.4. The summed E-state index contributed by atoms with van der Waals surface area (Å²) in [5.74, 6) is -1.30. The molecule has 2 aromatic rings. The van der Waals surface area contributed by atoms with Gasteiger partial charge in [-0.05, 0) is 6.07 Å². The molecule has 0 unspecified atom stereocenters. The van der Waals surface area contributed by atoms with E-state index >= 15 is 0 Å². The lowest BCUT2D eigenvalue weighted by Crippen LogP contribution is -2.11. The number of nitrogens with two attached hydrogens (primary N) is 1. The summed E-state index contributed by atoms with van der Waals surface area (Å²) in [4.78, 5) is 18.2. The highest BCUT2D eigenvalue weighted by molar-refractivity contribution is 6.31. The molecule has 0 bridgehead atoms. The average molecular weight is 240 g/mol. The number of nitrogen functional groups attached to an aromatic ring is 1. The highest BCUT2D eigenvalue weighted by Gasteiger charge is 2.16. The predicted molar refractivity (Wildman–Crippen MR) is 55.5 cm³/mol. The van der Waals surface area contributed by atoms with Crippen molar-refractivity contribution in [2.45, 2.75) is 0 Å². The lowest BCUT2D eigenvalue weighted by atomic mass is 10.4. The summed E-state index contributed by atoms with van der Waals surface area (Å²) in [7, 11) is 0. The van der Waals surface area contributed by atoms with E-state index < -0.39 is 5.97 Å². The second-order valence-electron chi connectivity index (χ2n) is 2.83. The quantitative estimate of drug-likeness (QED) is 0.795. The van der Waals surface area contributed by atoms with Gasteiger partial charge in [0.25, 0.3) is 0 Å². The molecule has 2 heterocycles. The van der Waals surface area contributed by atoms with Crippen LogP contribution >= 0.6 is 11.6 Å².